The number of rotatable bonds is 7. The lowest BCUT2D eigenvalue weighted by Gasteiger charge is -2.22. The molecule has 1 aliphatic rings. The van der Waals surface area contributed by atoms with Crippen LogP contribution in [0.25, 0.3) is 0 Å². The number of halogens is 3. The van der Waals surface area contributed by atoms with Gasteiger partial charge >= 0.3 is 11.7 Å². The minimum absolute atomic E-state index is 0.0486. The highest BCUT2D eigenvalue weighted by Gasteiger charge is 2.37. The maximum absolute atomic E-state index is 14.6. The van der Waals surface area contributed by atoms with E-state index in [9.17, 15) is 32.9 Å². The predicted octanol–water partition coefficient (Wildman–Crippen LogP) is 3.87. The molecule has 1 aliphatic carbocycles. The molecule has 1 N–H and O–H groups in total. The topological polar surface area (TPSA) is 98.5 Å². The van der Waals surface area contributed by atoms with Crippen LogP contribution in [-0.4, -0.2) is 29.3 Å². The van der Waals surface area contributed by atoms with Crippen LogP contribution < -0.4 is 5.32 Å². The average molecular weight is 414 g/mol. The summed E-state index contributed by atoms with van der Waals surface area (Å²) in [6, 6.07) is -0.0486. The first-order valence-electron chi connectivity index (χ1n) is 9.20. The summed E-state index contributed by atoms with van der Waals surface area (Å²) in [5.74, 6) is -7.96. The van der Waals surface area contributed by atoms with Gasteiger partial charge in [0.15, 0.2) is 5.82 Å². The maximum Gasteiger partial charge on any atom is 0.343 e. The quantitative estimate of drug-likeness (QED) is 0.106. The molecule has 10 heteroatoms. The Labute approximate surface area is 165 Å². The Morgan fingerprint density at radius 1 is 1.17 bits per heavy atom. The van der Waals surface area contributed by atoms with Gasteiger partial charge in [0.25, 0.3) is 0 Å². The molecular formula is C19H21F3N2O5. The highest BCUT2D eigenvalue weighted by atomic mass is 19.2. The molecule has 0 amide bonds. The van der Waals surface area contributed by atoms with E-state index in [2.05, 4.69) is 5.32 Å². The van der Waals surface area contributed by atoms with Crippen molar-refractivity contribution in [2.45, 2.75) is 52.0 Å². The number of Topliss-reactive ketones (excluding diaryl/α,β-unsaturated/α-hetero) is 1. The highest BCUT2D eigenvalue weighted by molar-refractivity contribution is 6.25. The van der Waals surface area contributed by atoms with Crippen molar-refractivity contribution in [3.8, 4) is 0 Å². The highest BCUT2D eigenvalue weighted by Crippen LogP contribution is 2.32. The molecule has 1 fully saturated rings. The number of nitro groups is 1. The number of carbonyl (C=O) groups is 2. The number of hydrogen-bond donors (Lipinski definition) is 1. The number of hydrogen-bond acceptors (Lipinski definition) is 6. The van der Waals surface area contributed by atoms with Gasteiger partial charge in [-0.25, -0.2) is 13.6 Å². The van der Waals surface area contributed by atoms with Gasteiger partial charge in [-0.3, -0.25) is 14.9 Å². The minimum atomic E-state index is -1.97. The summed E-state index contributed by atoms with van der Waals surface area (Å²) in [4.78, 5) is 34.9. The van der Waals surface area contributed by atoms with E-state index < -0.39 is 56.5 Å². The van der Waals surface area contributed by atoms with Crippen molar-refractivity contribution in [2.75, 3.05) is 6.61 Å². The summed E-state index contributed by atoms with van der Waals surface area (Å²) < 4.78 is 47.3. The third kappa shape index (κ3) is 4.75. The zero-order valence-electron chi connectivity index (χ0n) is 16.0. The van der Waals surface area contributed by atoms with Gasteiger partial charge in [0.05, 0.1) is 11.5 Å². The van der Waals surface area contributed by atoms with Crippen LogP contribution in [0, 0.1) is 34.5 Å². The Kier molecular flexibility index (Phi) is 7.35. The zero-order valence-corrected chi connectivity index (χ0v) is 16.0. The zero-order chi connectivity index (χ0) is 21.7. The fourth-order valence-corrected chi connectivity index (χ4v) is 3.18. The van der Waals surface area contributed by atoms with Gasteiger partial charge in [-0.05, 0) is 26.7 Å². The Hall–Kier alpha value is -2.91. The van der Waals surface area contributed by atoms with Crippen LogP contribution in [0.5, 0.6) is 0 Å². The average Bonchev–Trinajstić information content (AvgIpc) is 2.69. The van der Waals surface area contributed by atoms with Crippen LogP contribution in [-0.2, 0) is 9.53 Å². The molecule has 29 heavy (non-hydrogen) atoms. The third-order valence-electron chi connectivity index (χ3n) is 4.73. The van der Waals surface area contributed by atoms with Gasteiger partial charge in [0.2, 0.25) is 11.6 Å². The van der Waals surface area contributed by atoms with Crippen LogP contribution in [0.4, 0.5) is 18.9 Å². The minimum Gasteiger partial charge on any atom is -0.462 e. The molecule has 1 aromatic rings. The lowest BCUT2D eigenvalue weighted by atomic mass is 9.95. The monoisotopic (exact) mass is 414 g/mol. The number of ketones is 1. The van der Waals surface area contributed by atoms with E-state index in [1.165, 1.54) is 6.92 Å². The van der Waals surface area contributed by atoms with Crippen molar-refractivity contribution >= 4 is 17.4 Å². The first kappa shape index (κ1) is 22.4. The van der Waals surface area contributed by atoms with E-state index in [0.29, 0.717) is 0 Å². The first-order valence-corrected chi connectivity index (χ1v) is 9.20. The number of nitrogens with zero attached hydrogens (tertiary/aromatic N) is 1. The predicted molar refractivity (Wildman–Crippen MR) is 96.8 cm³/mol. The van der Waals surface area contributed by atoms with E-state index in [1.54, 1.807) is 0 Å². The van der Waals surface area contributed by atoms with Crippen molar-refractivity contribution in [2.24, 2.45) is 0 Å². The van der Waals surface area contributed by atoms with Crippen LogP contribution in [0.15, 0.2) is 11.8 Å². The van der Waals surface area contributed by atoms with E-state index in [-0.39, 0.29) is 12.6 Å². The molecule has 0 saturated heterocycles. The second-order valence-electron chi connectivity index (χ2n) is 6.66. The smallest absolute Gasteiger partial charge is 0.343 e. The van der Waals surface area contributed by atoms with Gasteiger partial charge in [0, 0.05) is 17.8 Å². The number of benzene rings is 1. The fraction of sp³-hybridized carbons (Fsp3) is 0.474. The van der Waals surface area contributed by atoms with Gasteiger partial charge in [-0.1, -0.05) is 19.3 Å². The van der Waals surface area contributed by atoms with Crippen LogP contribution in [0.2, 0.25) is 0 Å². The van der Waals surface area contributed by atoms with Crippen molar-refractivity contribution in [1.29, 1.82) is 0 Å². The lowest BCUT2D eigenvalue weighted by Crippen LogP contribution is -2.29. The molecule has 1 aromatic carbocycles. The van der Waals surface area contributed by atoms with Crippen molar-refractivity contribution < 1.29 is 32.4 Å². The molecule has 0 unspecified atom stereocenters. The molecular weight excluding hydrogens is 393 g/mol. The Morgan fingerprint density at radius 2 is 1.79 bits per heavy atom. The summed E-state index contributed by atoms with van der Waals surface area (Å²) >= 11 is 0. The van der Waals surface area contributed by atoms with Gasteiger partial charge in [-0.15, -0.1) is 0 Å². The molecule has 0 aliphatic heterocycles. The molecule has 0 bridgehead atoms. The number of carbonyl (C=O) groups excluding carboxylic acids is 2. The molecule has 0 aromatic heterocycles. The molecule has 1 saturated carbocycles. The summed E-state index contributed by atoms with van der Waals surface area (Å²) in [5, 5.41) is 14.1. The third-order valence-corrected chi connectivity index (χ3v) is 4.73. The normalized spacial score (nSPS) is 15.1. The Morgan fingerprint density at radius 3 is 2.34 bits per heavy atom. The van der Waals surface area contributed by atoms with Crippen molar-refractivity contribution in [1.82, 2.24) is 5.32 Å². The van der Waals surface area contributed by atoms with Crippen LogP contribution in [0.1, 0.15) is 54.9 Å². The van der Waals surface area contributed by atoms with Crippen LogP contribution >= 0.6 is 0 Å². The lowest BCUT2D eigenvalue weighted by molar-refractivity contribution is -0.388. The van der Waals surface area contributed by atoms with Gasteiger partial charge in [0.1, 0.15) is 17.0 Å². The number of esters is 1. The number of ether oxygens (including phenoxy) is 1. The number of nitrogens with one attached hydrogen (secondary N) is 1. The Bertz CT molecular complexity index is 864. The summed E-state index contributed by atoms with van der Waals surface area (Å²) in [6.07, 6.45) is 5.50. The van der Waals surface area contributed by atoms with Crippen molar-refractivity contribution in [3.63, 3.8) is 0 Å². The van der Waals surface area contributed by atoms with Gasteiger partial charge < -0.3 is 10.1 Å². The SMILES string of the molecule is CCOC(=O)C(=CNC1CCCCC1)C(=O)c1c(F)c(C)c(F)c(F)c1[N+](=O)[O-]. The first-order chi connectivity index (χ1) is 13.7. The largest absolute Gasteiger partial charge is 0.462 e. The van der Waals surface area contributed by atoms with E-state index in [0.717, 1.165) is 45.2 Å². The Balaban J connectivity index is 2.56. The summed E-state index contributed by atoms with van der Waals surface area (Å²) in [5.41, 5.74) is -4.62. The number of nitro benzene ring substituents is 1. The molecule has 0 spiro atoms. The molecule has 0 atom stereocenters. The molecule has 7 nitrogen and oxygen atoms in total. The summed E-state index contributed by atoms with van der Waals surface area (Å²) in [7, 11) is 0. The van der Waals surface area contributed by atoms with Crippen molar-refractivity contribution in [3.05, 3.63) is 50.5 Å². The van der Waals surface area contributed by atoms with E-state index in [4.69, 9.17) is 4.74 Å². The second kappa shape index (κ2) is 9.53. The van der Waals surface area contributed by atoms with Gasteiger partial charge in [-0.2, -0.15) is 4.39 Å². The molecule has 2 rings (SSSR count). The standard InChI is InChI=1S/C19H21F3N2O5/c1-3-29-19(26)12(9-23-11-7-5-4-6-8-11)18(25)13-14(20)10(2)15(21)16(22)17(13)24(27)28/h9,11,23H,3-8H2,1-2H3. The fourth-order valence-electron chi connectivity index (χ4n) is 3.18. The second-order valence-corrected chi connectivity index (χ2v) is 6.66. The van der Waals surface area contributed by atoms with Crippen LogP contribution in [0.3, 0.4) is 0 Å². The maximum atomic E-state index is 14.6. The summed E-state index contributed by atoms with van der Waals surface area (Å²) in [6.45, 7) is 2.19. The molecule has 0 heterocycles. The molecule has 0 radical (unpaired) electrons. The van der Waals surface area contributed by atoms with E-state index in [1.807, 2.05) is 0 Å². The van der Waals surface area contributed by atoms with E-state index >= 15 is 0 Å². The molecule has 158 valence electrons.